The summed E-state index contributed by atoms with van der Waals surface area (Å²) >= 11 is 1.28. The van der Waals surface area contributed by atoms with Crippen molar-refractivity contribution in [1.29, 1.82) is 0 Å². The van der Waals surface area contributed by atoms with Crippen LogP contribution in [-0.2, 0) is 20.8 Å². The molecule has 0 atom stereocenters. The molecule has 0 bridgehead atoms. The number of methoxy groups -OCH3 is 2. The number of aromatic nitrogens is 3. The number of thioether (sulfide) groups is 1. The van der Waals surface area contributed by atoms with Gasteiger partial charge in [-0.3, -0.25) is 4.79 Å². The number of rotatable bonds is 9. The summed E-state index contributed by atoms with van der Waals surface area (Å²) in [5, 5.41) is 11.9. The minimum Gasteiger partial charge on any atom is -0.465 e. The molecule has 0 saturated heterocycles. The number of benzene rings is 1. The molecule has 160 valence electrons. The predicted molar refractivity (Wildman–Crippen MR) is 111 cm³/mol. The second kappa shape index (κ2) is 9.75. The van der Waals surface area contributed by atoms with Gasteiger partial charge in [0.2, 0.25) is 5.91 Å². The Morgan fingerprint density at radius 1 is 1.17 bits per heavy atom. The van der Waals surface area contributed by atoms with E-state index in [9.17, 15) is 14.4 Å². The Bertz CT molecular complexity index is 955. The van der Waals surface area contributed by atoms with Gasteiger partial charge in [0.05, 0.1) is 36.8 Å². The van der Waals surface area contributed by atoms with Gasteiger partial charge in [0.25, 0.3) is 0 Å². The fraction of sp³-hybridized carbons (Fsp3) is 0.450. The van der Waals surface area contributed by atoms with Gasteiger partial charge in [-0.1, -0.05) is 18.7 Å². The molecule has 30 heavy (non-hydrogen) atoms. The molecule has 0 aliphatic heterocycles. The Balaban J connectivity index is 1.73. The smallest absolute Gasteiger partial charge is 0.339 e. The molecule has 1 heterocycles. The van der Waals surface area contributed by atoms with Crippen LogP contribution in [0.4, 0.5) is 5.69 Å². The van der Waals surface area contributed by atoms with Crippen molar-refractivity contribution >= 4 is 35.3 Å². The van der Waals surface area contributed by atoms with Crippen molar-refractivity contribution in [2.24, 2.45) is 0 Å². The summed E-state index contributed by atoms with van der Waals surface area (Å²) in [5.41, 5.74) is 0.544. The molecule has 1 aliphatic rings. The maximum atomic E-state index is 12.6. The SMILES string of the molecule is CCCn1c(SCC(=O)Nc2cc(C(=O)OC)ccc2C(=O)OC)nnc1C1CC1. The highest BCUT2D eigenvalue weighted by atomic mass is 32.2. The van der Waals surface area contributed by atoms with Gasteiger partial charge in [-0.25, -0.2) is 9.59 Å². The van der Waals surface area contributed by atoms with Crippen LogP contribution in [0.15, 0.2) is 23.4 Å². The first kappa shape index (κ1) is 21.8. The number of carbonyl (C=O) groups is 3. The fourth-order valence-electron chi connectivity index (χ4n) is 2.98. The molecule has 0 unspecified atom stereocenters. The highest BCUT2D eigenvalue weighted by molar-refractivity contribution is 7.99. The summed E-state index contributed by atoms with van der Waals surface area (Å²) in [6.45, 7) is 2.89. The highest BCUT2D eigenvalue weighted by Gasteiger charge is 2.30. The summed E-state index contributed by atoms with van der Waals surface area (Å²) < 4.78 is 11.5. The maximum Gasteiger partial charge on any atom is 0.339 e. The van der Waals surface area contributed by atoms with Crippen molar-refractivity contribution in [3.8, 4) is 0 Å². The topological polar surface area (TPSA) is 112 Å². The molecule has 1 aromatic carbocycles. The van der Waals surface area contributed by atoms with E-state index in [2.05, 4.69) is 27.0 Å². The third-order valence-corrected chi connectivity index (χ3v) is 5.55. The molecule has 1 aromatic heterocycles. The van der Waals surface area contributed by atoms with E-state index in [0.29, 0.717) is 11.1 Å². The monoisotopic (exact) mass is 432 g/mol. The summed E-state index contributed by atoms with van der Waals surface area (Å²) in [6, 6.07) is 4.25. The number of nitrogens with one attached hydrogen (secondary N) is 1. The van der Waals surface area contributed by atoms with Crippen LogP contribution < -0.4 is 5.32 Å². The molecular formula is C20H24N4O5S. The first-order chi connectivity index (χ1) is 14.5. The fourth-order valence-corrected chi connectivity index (χ4v) is 3.75. The Kier molecular flexibility index (Phi) is 7.09. The lowest BCUT2D eigenvalue weighted by Gasteiger charge is -2.12. The van der Waals surface area contributed by atoms with Crippen molar-refractivity contribution < 1.29 is 23.9 Å². The normalized spacial score (nSPS) is 13.0. The van der Waals surface area contributed by atoms with E-state index < -0.39 is 11.9 Å². The Morgan fingerprint density at radius 3 is 2.53 bits per heavy atom. The Hall–Kier alpha value is -2.88. The van der Waals surface area contributed by atoms with Crippen molar-refractivity contribution in [2.45, 2.75) is 43.8 Å². The van der Waals surface area contributed by atoms with Crippen LogP contribution in [-0.4, -0.2) is 52.6 Å². The Morgan fingerprint density at radius 2 is 1.90 bits per heavy atom. The average molecular weight is 433 g/mol. The number of hydrogen-bond donors (Lipinski definition) is 1. The number of hydrogen-bond acceptors (Lipinski definition) is 8. The second-order valence-corrected chi connectivity index (χ2v) is 7.79. The minimum atomic E-state index is -0.619. The first-order valence-electron chi connectivity index (χ1n) is 9.64. The molecule has 1 amide bonds. The van der Waals surface area contributed by atoms with Crippen LogP contribution in [0.3, 0.4) is 0 Å². The van der Waals surface area contributed by atoms with E-state index in [1.54, 1.807) is 0 Å². The van der Waals surface area contributed by atoms with Crippen LogP contribution in [0.2, 0.25) is 0 Å². The molecule has 1 saturated carbocycles. The number of ether oxygens (including phenoxy) is 2. The number of anilines is 1. The number of amides is 1. The van der Waals surface area contributed by atoms with Crippen LogP contribution in [0.1, 0.15) is 58.6 Å². The van der Waals surface area contributed by atoms with Crippen molar-refractivity contribution in [1.82, 2.24) is 14.8 Å². The van der Waals surface area contributed by atoms with E-state index in [-0.39, 0.29) is 28.5 Å². The molecule has 10 heteroatoms. The second-order valence-electron chi connectivity index (χ2n) is 6.85. The molecule has 2 aromatic rings. The van der Waals surface area contributed by atoms with E-state index in [1.165, 1.54) is 44.2 Å². The lowest BCUT2D eigenvalue weighted by molar-refractivity contribution is -0.113. The van der Waals surface area contributed by atoms with Gasteiger partial charge in [-0.15, -0.1) is 10.2 Å². The van der Waals surface area contributed by atoms with Gasteiger partial charge in [-0.05, 0) is 37.5 Å². The number of esters is 2. The zero-order valence-corrected chi connectivity index (χ0v) is 18.0. The van der Waals surface area contributed by atoms with Crippen molar-refractivity contribution in [3.05, 3.63) is 35.2 Å². The summed E-state index contributed by atoms with van der Waals surface area (Å²) in [4.78, 5) is 36.4. The summed E-state index contributed by atoms with van der Waals surface area (Å²) in [5.74, 6) is -0.00133. The van der Waals surface area contributed by atoms with Crippen LogP contribution in [0.25, 0.3) is 0 Å². The predicted octanol–water partition coefficient (Wildman–Crippen LogP) is 2.87. The largest absolute Gasteiger partial charge is 0.465 e. The molecular weight excluding hydrogens is 408 g/mol. The molecule has 0 spiro atoms. The lowest BCUT2D eigenvalue weighted by atomic mass is 10.1. The van der Waals surface area contributed by atoms with Crippen LogP contribution >= 0.6 is 11.8 Å². The summed E-state index contributed by atoms with van der Waals surface area (Å²) in [7, 11) is 2.50. The minimum absolute atomic E-state index is 0.0789. The average Bonchev–Trinajstić information content (AvgIpc) is 3.52. The van der Waals surface area contributed by atoms with Gasteiger partial charge < -0.3 is 19.4 Å². The summed E-state index contributed by atoms with van der Waals surface area (Å²) in [6.07, 6.45) is 3.19. The van der Waals surface area contributed by atoms with Crippen LogP contribution in [0, 0.1) is 0 Å². The van der Waals surface area contributed by atoms with E-state index >= 15 is 0 Å². The third kappa shape index (κ3) is 4.99. The molecule has 9 nitrogen and oxygen atoms in total. The van der Waals surface area contributed by atoms with E-state index in [0.717, 1.165) is 31.6 Å². The first-order valence-corrected chi connectivity index (χ1v) is 10.6. The maximum absolute atomic E-state index is 12.6. The van der Waals surface area contributed by atoms with Gasteiger partial charge in [-0.2, -0.15) is 0 Å². The number of carbonyl (C=O) groups excluding carboxylic acids is 3. The number of nitrogens with zero attached hydrogens (tertiary/aromatic N) is 3. The van der Waals surface area contributed by atoms with E-state index in [1.807, 2.05) is 0 Å². The van der Waals surface area contributed by atoms with Crippen LogP contribution in [0.5, 0.6) is 0 Å². The van der Waals surface area contributed by atoms with Crippen molar-refractivity contribution in [3.63, 3.8) is 0 Å². The molecule has 3 rings (SSSR count). The third-order valence-electron chi connectivity index (χ3n) is 4.59. The zero-order chi connectivity index (χ0) is 21.7. The van der Waals surface area contributed by atoms with Gasteiger partial charge >= 0.3 is 11.9 Å². The standard InChI is InChI=1S/C20H24N4O5S/c1-4-9-24-17(12-5-6-12)22-23-20(24)30-11-16(25)21-15-10-13(18(26)28-2)7-8-14(15)19(27)29-3/h7-8,10,12H,4-6,9,11H2,1-3H3,(H,21,25). The van der Waals surface area contributed by atoms with Gasteiger partial charge in [0.1, 0.15) is 5.82 Å². The molecule has 1 aliphatic carbocycles. The van der Waals surface area contributed by atoms with Gasteiger partial charge in [0, 0.05) is 12.5 Å². The molecule has 1 fully saturated rings. The van der Waals surface area contributed by atoms with E-state index in [4.69, 9.17) is 9.47 Å². The lowest BCUT2D eigenvalue weighted by Crippen LogP contribution is -2.18. The molecule has 0 radical (unpaired) electrons. The quantitative estimate of drug-likeness (QED) is 0.475. The molecule has 1 N–H and O–H groups in total. The Labute approximate surface area is 178 Å². The highest BCUT2D eigenvalue weighted by Crippen LogP contribution is 2.40. The van der Waals surface area contributed by atoms with Gasteiger partial charge in [0.15, 0.2) is 5.16 Å². The zero-order valence-electron chi connectivity index (χ0n) is 17.1. The van der Waals surface area contributed by atoms with Crippen molar-refractivity contribution in [2.75, 3.05) is 25.3 Å².